The van der Waals surface area contributed by atoms with E-state index in [2.05, 4.69) is 13.8 Å². The normalized spacial score (nSPS) is 12.2. The van der Waals surface area contributed by atoms with Gasteiger partial charge in [0.15, 0.2) is 5.82 Å². The monoisotopic (exact) mass is 463 g/mol. The zero-order chi connectivity index (χ0) is 24.7. The summed E-state index contributed by atoms with van der Waals surface area (Å²) in [6.45, 7) is 10.1. The van der Waals surface area contributed by atoms with Crippen LogP contribution in [0.1, 0.15) is 67.0 Å². The number of carbonyl (C=O) groups excluding carboxylic acids is 1. The molecule has 3 rings (SSSR count). The molecule has 0 saturated carbocycles. The van der Waals surface area contributed by atoms with Crippen LogP contribution in [0.4, 0.5) is 0 Å². The third-order valence-electron chi connectivity index (χ3n) is 5.96. The Hall–Kier alpha value is -3.19. The number of hydrogen-bond acceptors (Lipinski definition) is 4. The van der Waals surface area contributed by atoms with Crippen LogP contribution in [-0.2, 0) is 13.1 Å². The van der Waals surface area contributed by atoms with E-state index in [4.69, 9.17) is 10.8 Å². The molecule has 2 N–H and O–H groups in total. The first kappa shape index (κ1) is 25.4. The zero-order valence-electron chi connectivity index (χ0n) is 20.8. The molecule has 0 bridgehead atoms. The van der Waals surface area contributed by atoms with E-state index < -0.39 is 0 Å². The molecule has 7 heteroatoms. The average molecular weight is 464 g/mol. The van der Waals surface area contributed by atoms with E-state index in [-0.39, 0.29) is 23.6 Å². The van der Waals surface area contributed by atoms with Crippen molar-refractivity contribution in [2.24, 2.45) is 11.7 Å². The van der Waals surface area contributed by atoms with Gasteiger partial charge in [0.25, 0.3) is 5.91 Å². The lowest BCUT2D eigenvalue weighted by molar-refractivity contribution is 0.0603. The van der Waals surface area contributed by atoms with Gasteiger partial charge in [0.1, 0.15) is 0 Å². The highest BCUT2D eigenvalue weighted by Crippen LogP contribution is 2.29. The second-order valence-electron chi connectivity index (χ2n) is 9.13. The number of rotatable bonds is 11. The van der Waals surface area contributed by atoms with E-state index in [1.54, 1.807) is 4.57 Å². The Kier molecular flexibility index (Phi) is 8.82. The maximum Gasteiger partial charge on any atom is 0.346 e. The number of nitrogens with zero attached hydrogens (tertiary/aromatic N) is 4. The lowest BCUT2D eigenvalue weighted by atomic mass is 9.99. The number of carbonyl (C=O) groups is 1. The smallest absolute Gasteiger partial charge is 0.330 e. The predicted molar refractivity (Wildman–Crippen MR) is 136 cm³/mol. The van der Waals surface area contributed by atoms with Gasteiger partial charge in [-0.1, -0.05) is 68.8 Å². The number of benzene rings is 2. The number of amides is 1. The maximum atomic E-state index is 13.7. The fraction of sp³-hybridized carbons (Fsp3) is 0.444. The molecule has 0 radical (unpaired) electrons. The van der Waals surface area contributed by atoms with Gasteiger partial charge >= 0.3 is 5.69 Å². The van der Waals surface area contributed by atoms with Crippen LogP contribution in [0, 0.1) is 12.8 Å². The molecule has 0 aliphatic rings. The molecule has 34 heavy (non-hydrogen) atoms. The molecule has 0 saturated heterocycles. The lowest BCUT2D eigenvalue weighted by Gasteiger charge is -2.34. The quantitative estimate of drug-likeness (QED) is 0.466. The molecule has 182 valence electrons. The minimum absolute atomic E-state index is 0.0403. The molecular weight excluding hydrogens is 426 g/mol. The maximum absolute atomic E-state index is 13.7. The summed E-state index contributed by atoms with van der Waals surface area (Å²) >= 11 is 0. The topological polar surface area (TPSA) is 86.2 Å². The van der Waals surface area contributed by atoms with Crippen LogP contribution in [0.25, 0.3) is 0 Å². The molecule has 0 spiro atoms. The van der Waals surface area contributed by atoms with E-state index >= 15 is 0 Å². The van der Waals surface area contributed by atoms with Crippen molar-refractivity contribution in [2.45, 2.75) is 59.7 Å². The molecule has 0 aliphatic heterocycles. The van der Waals surface area contributed by atoms with Crippen molar-refractivity contribution < 1.29 is 4.79 Å². The highest BCUT2D eigenvalue weighted by Gasteiger charge is 2.33. The number of aromatic nitrogens is 3. The zero-order valence-corrected chi connectivity index (χ0v) is 20.8. The SMILES string of the molecule is CCCn1nc(C(C(C)C)N(CCCN)C(=O)c2ccc(C)cc2)n(Cc2ccccc2)c1=O. The highest BCUT2D eigenvalue weighted by molar-refractivity contribution is 5.94. The number of hydrogen-bond donors (Lipinski definition) is 1. The summed E-state index contributed by atoms with van der Waals surface area (Å²) in [5.41, 5.74) is 8.43. The first-order valence-electron chi connectivity index (χ1n) is 12.2. The van der Waals surface area contributed by atoms with E-state index in [9.17, 15) is 9.59 Å². The largest absolute Gasteiger partial charge is 0.346 e. The minimum atomic E-state index is -0.366. The Bertz CT molecular complexity index is 1120. The van der Waals surface area contributed by atoms with Crippen LogP contribution in [0.3, 0.4) is 0 Å². The first-order chi connectivity index (χ1) is 16.4. The van der Waals surface area contributed by atoms with Crippen LogP contribution in [0.2, 0.25) is 0 Å². The fourth-order valence-corrected chi connectivity index (χ4v) is 4.24. The number of aryl methyl sites for hydroxylation is 2. The average Bonchev–Trinajstić information content (AvgIpc) is 3.12. The van der Waals surface area contributed by atoms with Gasteiger partial charge in [0.2, 0.25) is 0 Å². The van der Waals surface area contributed by atoms with Gasteiger partial charge in [-0.2, -0.15) is 5.10 Å². The van der Waals surface area contributed by atoms with E-state index in [1.165, 1.54) is 4.68 Å². The molecule has 0 fully saturated rings. The highest BCUT2D eigenvalue weighted by atomic mass is 16.2. The molecule has 1 unspecified atom stereocenters. The summed E-state index contributed by atoms with van der Waals surface area (Å²) in [6.07, 6.45) is 1.46. The van der Waals surface area contributed by atoms with Crippen LogP contribution in [-0.4, -0.2) is 38.2 Å². The second-order valence-corrected chi connectivity index (χ2v) is 9.13. The summed E-state index contributed by atoms with van der Waals surface area (Å²) in [5, 5.41) is 4.78. The van der Waals surface area contributed by atoms with Gasteiger partial charge < -0.3 is 10.6 Å². The van der Waals surface area contributed by atoms with Crippen molar-refractivity contribution >= 4 is 5.91 Å². The van der Waals surface area contributed by atoms with Crippen molar-refractivity contribution in [3.8, 4) is 0 Å². The van der Waals surface area contributed by atoms with Gasteiger partial charge in [-0.25, -0.2) is 9.48 Å². The fourth-order valence-electron chi connectivity index (χ4n) is 4.24. The van der Waals surface area contributed by atoms with Gasteiger partial charge in [-0.3, -0.25) is 9.36 Å². The van der Waals surface area contributed by atoms with Crippen LogP contribution in [0.15, 0.2) is 59.4 Å². The second kappa shape index (κ2) is 11.8. The molecule has 1 atom stereocenters. The van der Waals surface area contributed by atoms with Crippen molar-refractivity contribution in [3.05, 3.63) is 87.6 Å². The summed E-state index contributed by atoms with van der Waals surface area (Å²) in [5.74, 6) is 0.587. The van der Waals surface area contributed by atoms with Gasteiger partial charge in [0, 0.05) is 18.7 Å². The Balaban J connectivity index is 2.11. The van der Waals surface area contributed by atoms with Crippen molar-refractivity contribution in [3.63, 3.8) is 0 Å². The molecule has 1 heterocycles. The number of nitrogens with two attached hydrogens (primary N) is 1. The molecule has 1 aromatic heterocycles. The van der Waals surface area contributed by atoms with Crippen molar-refractivity contribution in [2.75, 3.05) is 13.1 Å². The first-order valence-corrected chi connectivity index (χ1v) is 12.2. The molecule has 7 nitrogen and oxygen atoms in total. The van der Waals surface area contributed by atoms with Gasteiger partial charge in [0.05, 0.1) is 12.6 Å². The Morgan fingerprint density at radius 2 is 1.76 bits per heavy atom. The van der Waals surface area contributed by atoms with Crippen molar-refractivity contribution in [1.29, 1.82) is 0 Å². The molecular formula is C27H37N5O2. The van der Waals surface area contributed by atoms with Gasteiger partial charge in [-0.05, 0) is 49.9 Å². The standard InChI is InChI=1S/C27H37N5O2/c1-5-17-32-27(34)31(19-22-10-7-6-8-11-22)25(29-32)24(20(2)3)30(18-9-16-28)26(33)23-14-12-21(4)13-15-23/h6-8,10-15,20,24H,5,9,16-19,28H2,1-4H3. The van der Waals surface area contributed by atoms with E-state index in [0.717, 1.165) is 17.5 Å². The Labute approximate surface area is 202 Å². The molecule has 2 aromatic carbocycles. The minimum Gasteiger partial charge on any atom is -0.330 e. The van der Waals surface area contributed by atoms with E-state index in [1.807, 2.05) is 73.3 Å². The Morgan fingerprint density at radius 1 is 1.09 bits per heavy atom. The molecule has 3 aromatic rings. The molecule has 1 amide bonds. The summed E-state index contributed by atoms with van der Waals surface area (Å²) in [4.78, 5) is 28.9. The van der Waals surface area contributed by atoms with E-state index in [0.29, 0.717) is 44.0 Å². The van der Waals surface area contributed by atoms with Crippen molar-refractivity contribution in [1.82, 2.24) is 19.2 Å². The van der Waals surface area contributed by atoms with Crippen LogP contribution in [0.5, 0.6) is 0 Å². The molecule has 0 aliphatic carbocycles. The van der Waals surface area contributed by atoms with Crippen LogP contribution < -0.4 is 11.4 Å². The third kappa shape index (κ3) is 5.83. The summed E-state index contributed by atoms with van der Waals surface area (Å²) in [7, 11) is 0. The third-order valence-corrected chi connectivity index (χ3v) is 5.96. The summed E-state index contributed by atoms with van der Waals surface area (Å²) in [6, 6.07) is 17.1. The van der Waals surface area contributed by atoms with Crippen LogP contribution >= 0.6 is 0 Å². The predicted octanol–water partition coefficient (Wildman–Crippen LogP) is 4.00. The Morgan fingerprint density at radius 3 is 2.35 bits per heavy atom. The lowest BCUT2D eigenvalue weighted by Crippen LogP contribution is -2.40. The van der Waals surface area contributed by atoms with Gasteiger partial charge in [-0.15, -0.1) is 0 Å². The summed E-state index contributed by atoms with van der Waals surface area (Å²) < 4.78 is 3.26.